The highest BCUT2D eigenvalue weighted by Crippen LogP contribution is 2.27. The lowest BCUT2D eigenvalue weighted by Crippen LogP contribution is -2.09. The predicted octanol–water partition coefficient (Wildman–Crippen LogP) is 3.08. The van der Waals surface area contributed by atoms with Crippen LogP contribution in [-0.2, 0) is 6.42 Å². The molecule has 3 aromatic rings. The van der Waals surface area contributed by atoms with Gasteiger partial charge in [-0.25, -0.2) is 9.97 Å². The monoisotopic (exact) mass is 268 g/mol. The van der Waals surface area contributed by atoms with Crippen LogP contribution in [0.15, 0.2) is 18.3 Å². The van der Waals surface area contributed by atoms with E-state index in [-0.39, 0.29) is 6.04 Å². The zero-order chi connectivity index (χ0) is 14.4. The summed E-state index contributed by atoms with van der Waals surface area (Å²) in [4.78, 5) is 9.51. The summed E-state index contributed by atoms with van der Waals surface area (Å²) in [5, 5.41) is 1.09. The van der Waals surface area contributed by atoms with Crippen molar-refractivity contribution in [3.63, 3.8) is 0 Å². The molecule has 0 saturated carbocycles. The van der Waals surface area contributed by atoms with E-state index in [0.29, 0.717) is 0 Å². The lowest BCUT2D eigenvalue weighted by Gasteiger charge is -2.13. The van der Waals surface area contributed by atoms with E-state index >= 15 is 0 Å². The van der Waals surface area contributed by atoms with Gasteiger partial charge in [0.25, 0.3) is 0 Å². The van der Waals surface area contributed by atoms with Crippen molar-refractivity contribution in [1.82, 2.24) is 14.4 Å². The van der Waals surface area contributed by atoms with Crippen LogP contribution < -0.4 is 5.73 Å². The van der Waals surface area contributed by atoms with E-state index in [1.165, 1.54) is 5.56 Å². The molecular weight excluding hydrogens is 248 g/mol. The number of hydrogen-bond donors (Lipinski definition) is 1. The summed E-state index contributed by atoms with van der Waals surface area (Å²) >= 11 is 0. The number of hydrogen-bond acceptors (Lipinski definition) is 3. The zero-order valence-corrected chi connectivity index (χ0v) is 12.4. The van der Waals surface area contributed by atoms with Crippen LogP contribution in [0.5, 0.6) is 0 Å². The van der Waals surface area contributed by atoms with Crippen LogP contribution in [0, 0.1) is 13.8 Å². The Labute approximate surface area is 118 Å². The molecule has 0 fully saturated rings. The molecule has 0 saturated heterocycles. The second-order valence-electron chi connectivity index (χ2n) is 5.50. The van der Waals surface area contributed by atoms with Crippen LogP contribution in [-0.4, -0.2) is 14.4 Å². The van der Waals surface area contributed by atoms with E-state index in [9.17, 15) is 0 Å². The minimum Gasteiger partial charge on any atom is -0.324 e. The molecule has 1 unspecified atom stereocenters. The summed E-state index contributed by atoms with van der Waals surface area (Å²) in [7, 11) is 0. The molecule has 1 aromatic carbocycles. The van der Waals surface area contributed by atoms with Crippen LogP contribution >= 0.6 is 0 Å². The molecule has 3 rings (SSSR count). The van der Waals surface area contributed by atoms with Crippen molar-refractivity contribution in [2.75, 3.05) is 0 Å². The van der Waals surface area contributed by atoms with Gasteiger partial charge in [-0.1, -0.05) is 13.0 Å². The van der Waals surface area contributed by atoms with Crippen LogP contribution in [0.1, 0.15) is 42.5 Å². The first kappa shape index (κ1) is 13.1. The molecule has 2 N–H and O–H groups in total. The van der Waals surface area contributed by atoms with E-state index in [1.807, 2.05) is 13.8 Å². The summed E-state index contributed by atoms with van der Waals surface area (Å²) < 4.78 is 2.10. The van der Waals surface area contributed by atoms with Crippen LogP contribution in [0.25, 0.3) is 16.6 Å². The van der Waals surface area contributed by atoms with Gasteiger partial charge in [0.1, 0.15) is 11.5 Å². The van der Waals surface area contributed by atoms with Gasteiger partial charge in [0.15, 0.2) is 0 Å². The number of rotatable bonds is 2. The minimum atomic E-state index is -0.0342. The van der Waals surface area contributed by atoms with Crippen LogP contribution in [0.3, 0.4) is 0 Å². The van der Waals surface area contributed by atoms with Gasteiger partial charge in [-0.2, -0.15) is 0 Å². The van der Waals surface area contributed by atoms with Gasteiger partial charge < -0.3 is 5.73 Å². The maximum Gasteiger partial charge on any atom is 0.147 e. The Morgan fingerprint density at radius 3 is 2.65 bits per heavy atom. The number of nitrogens with two attached hydrogens (primary N) is 1. The fourth-order valence-electron chi connectivity index (χ4n) is 2.77. The number of benzene rings is 1. The first-order chi connectivity index (χ1) is 9.51. The first-order valence-corrected chi connectivity index (χ1v) is 7.05. The minimum absolute atomic E-state index is 0.0342. The van der Waals surface area contributed by atoms with Crippen molar-refractivity contribution in [3.8, 4) is 0 Å². The Bertz CT molecular complexity index is 799. The summed E-state index contributed by atoms with van der Waals surface area (Å²) in [5.74, 6) is 1.03. The van der Waals surface area contributed by atoms with Crippen molar-refractivity contribution in [2.24, 2.45) is 5.73 Å². The molecule has 20 heavy (non-hydrogen) atoms. The number of aromatic nitrogens is 3. The fourth-order valence-corrected chi connectivity index (χ4v) is 2.77. The summed E-state index contributed by atoms with van der Waals surface area (Å²) in [6, 6.07) is 4.24. The molecule has 0 aliphatic carbocycles. The standard InChI is InChI=1S/C16H20N4/c1-5-14-19-15-12(11(4)17)6-9(2)7-13(15)16-18-10(3)8-20(14)16/h6-8,11H,5,17H2,1-4H3. The Kier molecular flexibility index (Phi) is 2.98. The number of fused-ring (bicyclic) bond motifs is 3. The topological polar surface area (TPSA) is 56.2 Å². The van der Waals surface area contributed by atoms with Crippen molar-refractivity contribution in [2.45, 2.75) is 40.2 Å². The highest BCUT2D eigenvalue weighted by atomic mass is 15.1. The number of imidazole rings is 1. The van der Waals surface area contributed by atoms with Gasteiger partial charge in [-0.15, -0.1) is 0 Å². The summed E-state index contributed by atoms with van der Waals surface area (Å²) in [6.45, 7) is 8.22. The van der Waals surface area contributed by atoms with Gasteiger partial charge in [0.2, 0.25) is 0 Å². The molecule has 0 radical (unpaired) electrons. The molecule has 0 amide bonds. The van der Waals surface area contributed by atoms with E-state index in [4.69, 9.17) is 10.7 Å². The molecule has 104 valence electrons. The third-order valence-electron chi connectivity index (χ3n) is 3.68. The Hall–Kier alpha value is -1.94. The van der Waals surface area contributed by atoms with Crippen molar-refractivity contribution in [3.05, 3.63) is 41.0 Å². The average Bonchev–Trinajstić information content (AvgIpc) is 2.78. The van der Waals surface area contributed by atoms with Crippen molar-refractivity contribution in [1.29, 1.82) is 0 Å². The number of aryl methyl sites for hydroxylation is 3. The van der Waals surface area contributed by atoms with Gasteiger partial charge in [-0.3, -0.25) is 4.40 Å². The molecule has 2 heterocycles. The van der Waals surface area contributed by atoms with Crippen LogP contribution in [0.4, 0.5) is 0 Å². The van der Waals surface area contributed by atoms with Gasteiger partial charge >= 0.3 is 0 Å². The second kappa shape index (κ2) is 4.56. The lowest BCUT2D eigenvalue weighted by atomic mass is 10.0. The zero-order valence-electron chi connectivity index (χ0n) is 12.4. The third kappa shape index (κ3) is 1.88. The third-order valence-corrected chi connectivity index (χ3v) is 3.68. The second-order valence-corrected chi connectivity index (χ2v) is 5.50. The molecule has 4 heteroatoms. The smallest absolute Gasteiger partial charge is 0.147 e. The van der Waals surface area contributed by atoms with E-state index < -0.39 is 0 Å². The van der Waals surface area contributed by atoms with E-state index in [1.54, 1.807) is 0 Å². The predicted molar refractivity (Wildman–Crippen MR) is 81.9 cm³/mol. The first-order valence-electron chi connectivity index (χ1n) is 7.05. The van der Waals surface area contributed by atoms with Crippen molar-refractivity contribution < 1.29 is 0 Å². The Morgan fingerprint density at radius 1 is 1.25 bits per heavy atom. The van der Waals surface area contributed by atoms with Crippen LogP contribution in [0.2, 0.25) is 0 Å². The van der Waals surface area contributed by atoms with Gasteiger partial charge in [0, 0.05) is 24.0 Å². The molecule has 0 aliphatic rings. The average molecular weight is 268 g/mol. The Balaban J connectivity index is 2.54. The molecule has 4 nitrogen and oxygen atoms in total. The normalized spacial score (nSPS) is 13.2. The molecule has 1 atom stereocenters. The van der Waals surface area contributed by atoms with Gasteiger partial charge in [0.05, 0.1) is 11.2 Å². The SMILES string of the molecule is CCc1nc2c(C(C)N)cc(C)cc2c2nc(C)cn12. The number of nitrogens with zero attached hydrogens (tertiary/aromatic N) is 3. The Morgan fingerprint density at radius 2 is 2.00 bits per heavy atom. The van der Waals surface area contributed by atoms with E-state index in [0.717, 1.165) is 40.1 Å². The molecule has 0 bridgehead atoms. The quantitative estimate of drug-likeness (QED) is 0.777. The molecule has 0 spiro atoms. The maximum atomic E-state index is 6.12. The van der Waals surface area contributed by atoms with Crippen molar-refractivity contribution >= 4 is 16.6 Å². The highest BCUT2D eigenvalue weighted by molar-refractivity contribution is 5.94. The maximum absolute atomic E-state index is 6.12. The lowest BCUT2D eigenvalue weighted by molar-refractivity contribution is 0.818. The van der Waals surface area contributed by atoms with E-state index in [2.05, 4.69) is 41.6 Å². The van der Waals surface area contributed by atoms with Gasteiger partial charge in [-0.05, 0) is 38.0 Å². The summed E-state index contributed by atoms with van der Waals surface area (Å²) in [5.41, 5.74) is 11.4. The highest BCUT2D eigenvalue weighted by Gasteiger charge is 2.14. The molecule has 2 aromatic heterocycles. The summed E-state index contributed by atoms with van der Waals surface area (Å²) in [6.07, 6.45) is 2.92. The molecule has 0 aliphatic heterocycles. The fraction of sp³-hybridized carbons (Fsp3) is 0.375. The molecular formula is C16H20N4. The largest absolute Gasteiger partial charge is 0.324 e.